The van der Waals surface area contributed by atoms with Crippen molar-refractivity contribution in [1.82, 2.24) is 20.7 Å². The number of carbonyl (C=O) groups excluding carboxylic acids is 3. The standard InChI is InChI=1S/C27H32FN7O5/c28-18-8-6-17(7-9-18)14-34-21(13-22(36)37)23(19(25(34)39)10-11-31-27(29)30)24(38)33-35-15-32-20(26(35)40)12-16-4-2-1-3-5-16/h1-9,19-21,23,32H,10-15H2,(H,33,38)(H,36,37)(H4,29,30,31)/t19-,20+,21-,23+/m1/s1. The molecule has 13 heteroatoms. The molecule has 2 aliphatic rings. The van der Waals surface area contributed by atoms with E-state index in [1.165, 1.54) is 29.2 Å². The highest BCUT2D eigenvalue weighted by atomic mass is 19.1. The number of nitrogens with zero attached hydrogens (tertiary/aromatic N) is 3. The lowest BCUT2D eigenvalue weighted by Crippen LogP contribution is -2.50. The van der Waals surface area contributed by atoms with Crippen molar-refractivity contribution in [3.05, 3.63) is 71.5 Å². The molecule has 212 valence electrons. The summed E-state index contributed by atoms with van der Waals surface area (Å²) in [6, 6.07) is 13.3. The molecule has 0 unspecified atom stereocenters. The highest BCUT2D eigenvalue weighted by Gasteiger charge is 2.52. The SMILES string of the molecule is NC(N)=NCC[C@H]1C(=O)N(Cc2ccc(F)cc2)[C@H](CC(=O)O)[C@H]1C(=O)NN1CN[C@@H](Cc2ccccc2)C1=O. The molecule has 3 amide bonds. The van der Waals surface area contributed by atoms with Crippen molar-refractivity contribution in [3.63, 3.8) is 0 Å². The van der Waals surface area contributed by atoms with Crippen molar-refractivity contribution in [1.29, 1.82) is 0 Å². The molecule has 2 aliphatic heterocycles. The summed E-state index contributed by atoms with van der Waals surface area (Å²) in [4.78, 5) is 57.4. The van der Waals surface area contributed by atoms with E-state index >= 15 is 0 Å². The first kappa shape index (κ1) is 28.5. The van der Waals surface area contributed by atoms with Crippen LogP contribution in [0.5, 0.6) is 0 Å². The third-order valence-corrected chi connectivity index (χ3v) is 7.12. The van der Waals surface area contributed by atoms with E-state index in [9.17, 15) is 28.7 Å². The second-order valence-corrected chi connectivity index (χ2v) is 9.83. The number of carbonyl (C=O) groups is 4. The Morgan fingerprint density at radius 1 is 1.05 bits per heavy atom. The van der Waals surface area contributed by atoms with Gasteiger partial charge >= 0.3 is 5.97 Å². The second-order valence-electron chi connectivity index (χ2n) is 9.83. The molecular weight excluding hydrogens is 521 g/mol. The van der Waals surface area contributed by atoms with Crippen molar-refractivity contribution in [2.75, 3.05) is 13.2 Å². The zero-order chi connectivity index (χ0) is 28.8. The van der Waals surface area contributed by atoms with E-state index in [1.807, 2.05) is 30.3 Å². The molecule has 0 aliphatic carbocycles. The molecule has 2 fully saturated rings. The van der Waals surface area contributed by atoms with Crippen LogP contribution < -0.4 is 22.2 Å². The Labute approximate surface area is 230 Å². The first-order valence-corrected chi connectivity index (χ1v) is 12.9. The summed E-state index contributed by atoms with van der Waals surface area (Å²) in [6.45, 7) is 0.0589. The first-order valence-electron chi connectivity index (χ1n) is 12.9. The number of aliphatic carboxylic acids is 1. The number of aliphatic imine (C=N–C) groups is 1. The highest BCUT2D eigenvalue weighted by molar-refractivity contribution is 5.94. The second kappa shape index (κ2) is 12.6. The lowest BCUT2D eigenvalue weighted by molar-refractivity contribution is -0.143. The number of hydrazine groups is 1. The minimum Gasteiger partial charge on any atom is -0.481 e. The van der Waals surface area contributed by atoms with Crippen LogP contribution in [0.4, 0.5) is 4.39 Å². The number of hydrogen-bond acceptors (Lipinski definition) is 6. The molecule has 4 rings (SSSR count). The van der Waals surface area contributed by atoms with Crippen LogP contribution in [0.3, 0.4) is 0 Å². The monoisotopic (exact) mass is 553 g/mol. The number of rotatable bonds is 11. The summed E-state index contributed by atoms with van der Waals surface area (Å²) < 4.78 is 13.5. The lowest BCUT2D eigenvalue weighted by atomic mass is 9.85. The van der Waals surface area contributed by atoms with Gasteiger partial charge in [-0.15, -0.1) is 0 Å². The number of carboxylic acid groups (broad SMARTS) is 1. The predicted molar refractivity (Wildman–Crippen MR) is 142 cm³/mol. The van der Waals surface area contributed by atoms with Gasteiger partial charge in [-0.05, 0) is 36.1 Å². The highest BCUT2D eigenvalue weighted by Crippen LogP contribution is 2.37. The van der Waals surface area contributed by atoms with Gasteiger partial charge in [0, 0.05) is 13.1 Å². The van der Waals surface area contributed by atoms with Crippen LogP contribution >= 0.6 is 0 Å². The van der Waals surface area contributed by atoms with Crippen LogP contribution in [0, 0.1) is 17.7 Å². The molecule has 0 spiro atoms. The molecule has 0 radical (unpaired) electrons. The number of amides is 3. The smallest absolute Gasteiger partial charge is 0.305 e. The maximum atomic E-state index is 13.7. The molecular formula is C27H32FN7O5. The molecule has 2 heterocycles. The van der Waals surface area contributed by atoms with Gasteiger partial charge < -0.3 is 21.5 Å². The minimum atomic E-state index is -1.20. The Hall–Kier alpha value is -4.52. The van der Waals surface area contributed by atoms with Gasteiger partial charge in [0.25, 0.3) is 5.91 Å². The average molecular weight is 554 g/mol. The molecule has 0 bridgehead atoms. The zero-order valence-electron chi connectivity index (χ0n) is 21.7. The van der Waals surface area contributed by atoms with E-state index < -0.39 is 53.9 Å². The van der Waals surface area contributed by atoms with Gasteiger partial charge in [-0.1, -0.05) is 42.5 Å². The van der Waals surface area contributed by atoms with Crippen LogP contribution in [0.2, 0.25) is 0 Å². The van der Waals surface area contributed by atoms with Crippen LogP contribution in [0.1, 0.15) is 24.0 Å². The quantitative estimate of drug-likeness (QED) is 0.189. The van der Waals surface area contributed by atoms with Gasteiger partial charge in [-0.2, -0.15) is 0 Å². The number of carboxylic acids is 1. The Morgan fingerprint density at radius 2 is 1.75 bits per heavy atom. The Morgan fingerprint density at radius 3 is 2.40 bits per heavy atom. The van der Waals surface area contributed by atoms with Crippen molar-refractivity contribution in [3.8, 4) is 0 Å². The third-order valence-electron chi connectivity index (χ3n) is 7.12. The fourth-order valence-electron chi connectivity index (χ4n) is 5.25. The van der Waals surface area contributed by atoms with Gasteiger partial charge in [0.15, 0.2) is 5.96 Å². The molecule has 40 heavy (non-hydrogen) atoms. The number of halogens is 1. The van der Waals surface area contributed by atoms with Crippen molar-refractivity contribution in [2.24, 2.45) is 28.3 Å². The van der Waals surface area contributed by atoms with Crippen LogP contribution in [-0.4, -0.2) is 70.0 Å². The summed E-state index contributed by atoms with van der Waals surface area (Å²) in [7, 11) is 0. The molecule has 2 aromatic rings. The predicted octanol–water partition coefficient (Wildman–Crippen LogP) is -0.0611. The molecule has 2 aromatic carbocycles. The largest absolute Gasteiger partial charge is 0.481 e. The number of guanidine groups is 1. The van der Waals surface area contributed by atoms with Crippen LogP contribution in [0.15, 0.2) is 59.6 Å². The number of benzene rings is 2. The van der Waals surface area contributed by atoms with Gasteiger partial charge in [0.1, 0.15) is 5.82 Å². The van der Waals surface area contributed by atoms with E-state index in [2.05, 4.69) is 15.7 Å². The van der Waals surface area contributed by atoms with Gasteiger partial charge in [-0.3, -0.25) is 34.9 Å². The first-order chi connectivity index (χ1) is 19.1. The fraction of sp³-hybridized carbons (Fsp3) is 0.370. The van der Waals surface area contributed by atoms with Crippen molar-refractivity contribution >= 4 is 29.7 Å². The summed E-state index contributed by atoms with van der Waals surface area (Å²) in [5.41, 5.74) is 15.0. The summed E-state index contributed by atoms with van der Waals surface area (Å²) in [6.07, 6.45) is -0.0114. The molecule has 0 aromatic heterocycles. The minimum absolute atomic E-state index is 0.0248. The van der Waals surface area contributed by atoms with E-state index in [4.69, 9.17) is 11.5 Å². The van der Waals surface area contributed by atoms with E-state index in [0.717, 1.165) is 10.6 Å². The normalized spacial score (nSPS) is 22.4. The van der Waals surface area contributed by atoms with Gasteiger partial charge in [0.05, 0.1) is 37.0 Å². The van der Waals surface area contributed by atoms with Gasteiger partial charge in [0.2, 0.25) is 11.8 Å². The molecule has 7 N–H and O–H groups in total. The van der Waals surface area contributed by atoms with Crippen molar-refractivity contribution in [2.45, 2.75) is 37.9 Å². The molecule has 2 saturated heterocycles. The summed E-state index contributed by atoms with van der Waals surface area (Å²) >= 11 is 0. The van der Waals surface area contributed by atoms with Crippen LogP contribution in [0.25, 0.3) is 0 Å². The van der Waals surface area contributed by atoms with Crippen LogP contribution in [-0.2, 0) is 32.1 Å². The Balaban J connectivity index is 1.56. The topological polar surface area (TPSA) is 183 Å². The van der Waals surface area contributed by atoms with Crippen molar-refractivity contribution < 1.29 is 28.7 Å². The number of hydrogen-bond donors (Lipinski definition) is 5. The number of likely N-dealkylation sites (tertiary alicyclic amines) is 1. The van der Waals surface area contributed by atoms with E-state index in [1.54, 1.807) is 0 Å². The Kier molecular flexibility index (Phi) is 8.94. The van der Waals surface area contributed by atoms with Gasteiger partial charge in [-0.25, -0.2) is 9.40 Å². The fourth-order valence-corrected chi connectivity index (χ4v) is 5.25. The average Bonchev–Trinajstić information content (AvgIpc) is 3.37. The molecule has 0 saturated carbocycles. The number of nitrogens with two attached hydrogens (primary N) is 2. The maximum Gasteiger partial charge on any atom is 0.305 e. The lowest BCUT2D eigenvalue weighted by Gasteiger charge is -2.28. The summed E-state index contributed by atoms with van der Waals surface area (Å²) in [5.74, 6) is -5.36. The maximum absolute atomic E-state index is 13.7. The zero-order valence-corrected chi connectivity index (χ0v) is 21.7. The Bertz CT molecular complexity index is 1270. The molecule has 4 atom stereocenters. The van der Waals surface area contributed by atoms with E-state index in [-0.39, 0.29) is 38.0 Å². The third kappa shape index (κ3) is 6.72. The molecule has 12 nitrogen and oxygen atoms in total. The summed E-state index contributed by atoms with van der Waals surface area (Å²) in [5, 5.41) is 13.9. The number of nitrogens with one attached hydrogen (secondary N) is 2. The van der Waals surface area contributed by atoms with E-state index in [0.29, 0.717) is 12.0 Å².